The number of hydrogen-bond acceptors (Lipinski definition) is 7. The predicted molar refractivity (Wildman–Crippen MR) is 104 cm³/mol. The summed E-state index contributed by atoms with van der Waals surface area (Å²) in [6.07, 6.45) is 4.98. The van der Waals surface area contributed by atoms with E-state index in [1.54, 1.807) is 50.9 Å². The molecule has 2 aromatic rings. The predicted octanol–water partition coefficient (Wildman–Crippen LogP) is 2.50. The highest BCUT2D eigenvalue weighted by Gasteiger charge is 2.31. The van der Waals surface area contributed by atoms with E-state index in [0.717, 1.165) is 5.56 Å². The molecule has 0 amide bonds. The molecule has 7 heteroatoms. The van der Waals surface area contributed by atoms with Crippen LogP contribution in [0.4, 0.5) is 0 Å². The van der Waals surface area contributed by atoms with Gasteiger partial charge in [-0.25, -0.2) is 0 Å². The Hall–Kier alpha value is -2.74. The molecule has 1 aromatic carbocycles. The number of ether oxygens (including phenoxy) is 3. The number of Topliss-reactive ketones (excluding diaryl/α,β-unsaturated/α-hetero) is 1. The van der Waals surface area contributed by atoms with Crippen molar-refractivity contribution in [3.8, 4) is 11.5 Å². The molecule has 0 aliphatic carbocycles. The number of methoxy groups -OCH3 is 2. The monoisotopic (exact) mass is 384 g/mol. The number of fused-ring (bicyclic) bond motifs is 1. The van der Waals surface area contributed by atoms with Gasteiger partial charge in [0.15, 0.2) is 5.76 Å². The van der Waals surface area contributed by atoms with Crippen molar-refractivity contribution in [3.05, 3.63) is 59.1 Å². The number of nitrogens with zero attached hydrogens (tertiary/aromatic N) is 2. The normalized spacial score (nSPS) is 14.5. The van der Waals surface area contributed by atoms with Crippen LogP contribution < -0.4 is 4.74 Å². The van der Waals surface area contributed by atoms with Crippen molar-refractivity contribution in [1.82, 2.24) is 9.88 Å². The Labute approximate surface area is 164 Å². The summed E-state index contributed by atoms with van der Waals surface area (Å²) >= 11 is 0. The molecule has 1 aliphatic heterocycles. The maximum atomic E-state index is 12.8. The Bertz CT molecular complexity index is 843. The highest BCUT2D eigenvalue weighted by Crippen LogP contribution is 2.40. The second-order valence-electron chi connectivity index (χ2n) is 6.42. The molecule has 1 aliphatic rings. The number of hydrogen-bond donors (Lipinski definition) is 1. The maximum Gasteiger partial charge on any atom is 0.231 e. The van der Waals surface area contributed by atoms with E-state index in [1.165, 1.54) is 6.07 Å². The Morgan fingerprint density at radius 3 is 2.43 bits per heavy atom. The Balaban J connectivity index is 1.88. The van der Waals surface area contributed by atoms with Crippen LogP contribution in [0.3, 0.4) is 0 Å². The molecular formula is C21H24N2O5. The molecule has 148 valence electrons. The summed E-state index contributed by atoms with van der Waals surface area (Å²) in [7, 11) is 3.29. The lowest BCUT2D eigenvalue weighted by atomic mass is 10.0. The minimum atomic E-state index is -0.201. The van der Waals surface area contributed by atoms with Crippen LogP contribution in [-0.2, 0) is 16.0 Å². The molecule has 1 N–H and O–H groups in total. The molecule has 0 atom stereocenters. The first-order chi connectivity index (χ1) is 13.6. The number of phenols is 1. The summed E-state index contributed by atoms with van der Waals surface area (Å²) in [6, 6.07) is 6.72. The molecule has 0 spiro atoms. The van der Waals surface area contributed by atoms with Crippen molar-refractivity contribution in [2.45, 2.75) is 6.54 Å². The van der Waals surface area contributed by atoms with Crippen LogP contribution in [0, 0.1) is 0 Å². The van der Waals surface area contributed by atoms with E-state index in [0.29, 0.717) is 49.7 Å². The summed E-state index contributed by atoms with van der Waals surface area (Å²) in [5.74, 6) is 0.531. The van der Waals surface area contributed by atoms with Crippen LogP contribution >= 0.6 is 0 Å². The molecule has 28 heavy (non-hydrogen) atoms. The first kappa shape index (κ1) is 20.0. The van der Waals surface area contributed by atoms with E-state index >= 15 is 0 Å². The number of allylic oxidation sites excluding steroid dienone is 1. The summed E-state index contributed by atoms with van der Waals surface area (Å²) in [5.41, 5.74) is 1.85. The number of phenolic OH excluding ortho intramolecular Hbond substituents is 1. The van der Waals surface area contributed by atoms with Crippen LogP contribution in [-0.4, -0.2) is 61.3 Å². The molecule has 0 bridgehead atoms. The third kappa shape index (κ3) is 4.56. The van der Waals surface area contributed by atoms with Gasteiger partial charge in [0.2, 0.25) is 5.78 Å². The van der Waals surface area contributed by atoms with E-state index in [1.807, 2.05) is 0 Å². The van der Waals surface area contributed by atoms with E-state index < -0.39 is 0 Å². The number of aromatic nitrogens is 1. The van der Waals surface area contributed by atoms with Gasteiger partial charge < -0.3 is 19.3 Å². The van der Waals surface area contributed by atoms with Crippen LogP contribution in [0.15, 0.2) is 42.4 Å². The van der Waals surface area contributed by atoms with Gasteiger partial charge >= 0.3 is 0 Å². The number of carbonyl (C=O) groups excluding carboxylic acids is 1. The van der Waals surface area contributed by atoms with Crippen molar-refractivity contribution in [2.24, 2.45) is 0 Å². The average molecular weight is 384 g/mol. The number of ketones is 1. The van der Waals surface area contributed by atoms with Crippen LogP contribution in [0.2, 0.25) is 0 Å². The van der Waals surface area contributed by atoms with Gasteiger partial charge in [0.25, 0.3) is 0 Å². The van der Waals surface area contributed by atoms with Gasteiger partial charge in [-0.2, -0.15) is 0 Å². The Kier molecular flexibility index (Phi) is 6.76. The second kappa shape index (κ2) is 9.45. The van der Waals surface area contributed by atoms with Gasteiger partial charge in [0.1, 0.15) is 11.5 Å². The summed E-state index contributed by atoms with van der Waals surface area (Å²) in [5, 5.41) is 10.4. The zero-order chi connectivity index (χ0) is 19.9. The topological polar surface area (TPSA) is 81.1 Å². The van der Waals surface area contributed by atoms with E-state index in [9.17, 15) is 9.90 Å². The number of rotatable bonds is 9. The smallest absolute Gasteiger partial charge is 0.231 e. The molecule has 2 heterocycles. The zero-order valence-electron chi connectivity index (χ0n) is 16.1. The largest absolute Gasteiger partial charge is 0.507 e. The van der Waals surface area contributed by atoms with E-state index in [2.05, 4.69) is 9.88 Å². The van der Waals surface area contributed by atoms with Crippen LogP contribution in [0.1, 0.15) is 21.5 Å². The summed E-state index contributed by atoms with van der Waals surface area (Å²) in [6.45, 7) is 2.84. The molecule has 0 saturated heterocycles. The fraction of sp³-hybridized carbons (Fsp3) is 0.333. The highest BCUT2D eigenvalue weighted by molar-refractivity contribution is 6.14. The molecular weight excluding hydrogens is 360 g/mol. The molecule has 0 fully saturated rings. The van der Waals surface area contributed by atoms with Gasteiger partial charge in [0, 0.05) is 46.2 Å². The van der Waals surface area contributed by atoms with Gasteiger partial charge in [-0.05, 0) is 35.9 Å². The second-order valence-corrected chi connectivity index (χ2v) is 6.42. The highest BCUT2D eigenvalue weighted by atomic mass is 16.5. The Morgan fingerprint density at radius 2 is 1.79 bits per heavy atom. The molecule has 3 rings (SSSR count). The van der Waals surface area contributed by atoms with Crippen molar-refractivity contribution in [2.75, 3.05) is 40.5 Å². The number of pyridine rings is 1. The van der Waals surface area contributed by atoms with E-state index in [4.69, 9.17) is 14.2 Å². The van der Waals surface area contributed by atoms with Crippen molar-refractivity contribution < 1.29 is 24.1 Å². The summed E-state index contributed by atoms with van der Waals surface area (Å²) < 4.78 is 16.2. The molecule has 0 radical (unpaired) electrons. The average Bonchev–Trinajstić information content (AvgIpc) is 3.02. The lowest BCUT2D eigenvalue weighted by Gasteiger charge is -2.23. The first-order valence-corrected chi connectivity index (χ1v) is 9.03. The molecule has 0 saturated carbocycles. The van der Waals surface area contributed by atoms with Crippen molar-refractivity contribution in [3.63, 3.8) is 0 Å². The maximum absolute atomic E-state index is 12.8. The molecule has 1 aromatic heterocycles. The minimum absolute atomic E-state index is 0.0940. The fourth-order valence-electron chi connectivity index (χ4n) is 2.99. The number of carbonyl (C=O) groups is 1. The molecule has 0 unspecified atom stereocenters. The SMILES string of the molecule is COCCN(CCOC)Cc1c(O)ccc2c1OC(=Cc1ccncc1)C2=O. The van der Waals surface area contributed by atoms with Gasteiger partial charge in [0.05, 0.1) is 24.3 Å². The van der Waals surface area contributed by atoms with Crippen molar-refractivity contribution >= 4 is 11.9 Å². The standard InChI is InChI=1S/C21H24N2O5/c1-26-11-9-23(10-12-27-2)14-17-18(24)4-3-16-20(25)19(28-21(16)17)13-15-5-7-22-8-6-15/h3-8,13,24H,9-12,14H2,1-2H3. The van der Waals surface area contributed by atoms with E-state index in [-0.39, 0.29) is 17.3 Å². The third-order valence-corrected chi connectivity index (χ3v) is 4.53. The van der Waals surface area contributed by atoms with Gasteiger partial charge in [-0.15, -0.1) is 0 Å². The minimum Gasteiger partial charge on any atom is -0.507 e. The lowest BCUT2D eigenvalue weighted by Crippen LogP contribution is -2.30. The van der Waals surface area contributed by atoms with Crippen molar-refractivity contribution in [1.29, 1.82) is 0 Å². The third-order valence-electron chi connectivity index (χ3n) is 4.53. The quantitative estimate of drug-likeness (QED) is 0.665. The lowest BCUT2D eigenvalue weighted by molar-refractivity contribution is 0.101. The van der Waals surface area contributed by atoms with Gasteiger partial charge in [-0.1, -0.05) is 0 Å². The zero-order valence-corrected chi connectivity index (χ0v) is 16.1. The fourth-order valence-corrected chi connectivity index (χ4v) is 2.99. The number of benzene rings is 1. The van der Waals surface area contributed by atoms with Crippen LogP contribution in [0.5, 0.6) is 11.5 Å². The first-order valence-electron chi connectivity index (χ1n) is 9.03. The molecule has 7 nitrogen and oxygen atoms in total. The number of aromatic hydroxyl groups is 1. The van der Waals surface area contributed by atoms with Gasteiger partial charge in [-0.3, -0.25) is 14.7 Å². The Morgan fingerprint density at radius 1 is 1.11 bits per heavy atom. The van der Waals surface area contributed by atoms with Crippen LogP contribution in [0.25, 0.3) is 6.08 Å². The summed E-state index contributed by atoms with van der Waals surface area (Å²) in [4.78, 5) is 18.8.